The first kappa shape index (κ1) is 15.0. The van der Waals surface area contributed by atoms with E-state index in [-0.39, 0.29) is 31.2 Å². The maximum absolute atomic E-state index is 12.0. The summed E-state index contributed by atoms with van der Waals surface area (Å²) in [5.41, 5.74) is -1.16. The van der Waals surface area contributed by atoms with Crippen molar-refractivity contribution in [3.05, 3.63) is 12.2 Å². The average Bonchev–Trinajstić information content (AvgIpc) is 2.97. The molecule has 2 heterocycles. The molecule has 120 valence electrons. The van der Waals surface area contributed by atoms with Crippen molar-refractivity contribution in [1.29, 1.82) is 0 Å². The van der Waals surface area contributed by atoms with Crippen LogP contribution in [0.3, 0.4) is 0 Å². The molecule has 7 heteroatoms. The Morgan fingerprint density at radius 1 is 1.45 bits per heavy atom. The zero-order valence-electron chi connectivity index (χ0n) is 12.2. The van der Waals surface area contributed by atoms with E-state index in [0.717, 1.165) is 0 Å². The summed E-state index contributed by atoms with van der Waals surface area (Å²) in [6.07, 6.45) is 0.145. The summed E-state index contributed by atoms with van der Waals surface area (Å²) in [7, 11) is 0. The molecule has 4 aliphatic rings. The van der Waals surface area contributed by atoms with Gasteiger partial charge < -0.3 is 19.3 Å². The summed E-state index contributed by atoms with van der Waals surface area (Å²) in [6, 6.07) is 0. The van der Waals surface area contributed by atoms with Crippen LogP contribution in [0.25, 0.3) is 0 Å². The van der Waals surface area contributed by atoms with Gasteiger partial charge >= 0.3 is 17.9 Å². The number of carbonyl (C=O) groups is 3. The van der Waals surface area contributed by atoms with Gasteiger partial charge in [0.25, 0.3) is 0 Å². The van der Waals surface area contributed by atoms with Gasteiger partial charge in [-0.15, -0.1) is 0 Å². The van der Waals surface area contributed by atoms with E-state index in [0.29, 0.717) is 18.4 Å². The van der Waals surface area contributed by atoms with Gasteiger partial charge in [0.05, 0.1) is 12.7 Å². The highest BCUT2D eigenvalue weighted by atomic mass is 16.6. The van der Waals surface area contributed by atoms with E-state index < -0.39 is 29.4 Å². The van der Waals surface area contributed by atoms with E-state index >= 15 is 0 Å². The Morgan fingerprint density at radius 3 is 2.82 bits per heavy atom. The van der Waals surface area contributed by atoms with Crippen LogP contribution in [0.5, 0.6) is 0 Å². The van der Waals surface area contributed by atoms with Gasteiger partial charge in [-0.1, -0.05) is 6.58 Å². The van der Waals surface area contributed by atoms with Crippen LogP contribution in [-0.2, 0) is 28.6 Å². The smallest absolute Gasteiger partial charge is 0.333 e. The summed E-state index contributed by atoms with van der Waals surface area (Å²) in [5.74, 6) is -2.59. The molecule has 4 rings (SSSR count). The molecule has 5 atom stereocenters. The van der Waals surface area contributed by atoms with Gasteiger partial charge in [0.15, 0.2) is 5.41 Å². The fraction of sp³-hybridized carbons (Fsp3) is 0.667. The topological polar surface area (TPSA) is 99.1 Å². The van der Waals surface area contributed by atoms with Crippen LogP contribution < -0.4 is 0 Å². The first-order valence-electron chi connectivity index (χ1n) is 7.26. The van der Waals surface area contributed by atoms with Crippen molar-refractivity contribution in [2.45, 2.75) is 32.0 Å². The van der Waals surface area contributed by atoms with Gasteiger partial charge in [-0.3, -0.25) is 9.59 Å². The number of hydrogen-bond acceptors (Lipinski definition) is 6. The van der Waals surface area contributed by atoms with Crippen LogP contribution in [-0.4, -0.2) is 48.4 Å². The lowest BCUT2D eigenvalue weighted by molar-refractivity contribution is -0.216. The molecule has 0 aromatic carbocycles. The minimum atomic E-state index is -1.46. The normalized spacial score (nSPS) is 38.0. The van der Waals surface area contributed by atoms with Crippen molar-refractivity contribution >= 4 is 17.9 Å². The van der Waals surface area contributed by atoms with Gasteiger partial charge in [0.2, 0.25) is 0 Å². The maximum Gasteiger partial charge on any atom is 0.333 e. The van der Waals surface area contributed by atoms with Crippen LogP contribution in [0, 0.1) is 17.3 Å². The second kappa shape index (κ2) is 5.08. The highest BCUT2D eigenvalue weighted by Gasteiger charge is 2.73. The third kappa shape index (κ3) is 1.95. The third-order valence-electron chi connectivity index (χ3n) is 4.92. The molecule has 1 N–H and O–H groups in total. The Morgan fingerprint density at radius 2 is 2.18 bits per heavy atom. The van der Waals surface area contributed by atoms with Crippen LogP contribution in [0.2, 0.25) is 0 Å². The number of fused-ring (bicyclic) bond motifs is 1. The number of carboxylic acids is 1. The van der Waals surface area contributed by atoms with Crippen molar-refractivity contribution in [3.63, 3.8) is 0 Å². The summed E-state index contributed by atoms with van der Waals surface area (Å²) in [6.45, 7) is 5.21. The van der Waals surface area contributed by atoms with Crippen LogP contribution >= 0.6 is 0 Å². The molecule has 2 aliphatic heterocycles. The van der Waals surface area contributed by atoms with Gasteiger partial charge in [0, 0.05) is 17.4 Å². The van der Waals surface area contributed by atoms with E-state index in [2.05, 4.69) is 6.58 Å². The molecule has 7 nitrogen and oxygen atoms in total. The van der Waals surface area contributed by atoms with Gasteiger partial charge in [-0.2, -0.15) is 0 Å². The Bertz CT molecular complexity index is 554. The Balaban J connectivity index is 1.61. The molecule has 2 saturated carbocycles. The predicted molar refractivity (Wildman–Crippen MR) is 71.7 cm³/mol. The van der Waals surface area contributed by atoms with Crippen LogP contribution in [0.15, 0.2) is 12.2 Å². The summed E-state index contributed by atoms with van der Waals surface area (Å²) >= 11 is 0. The Hall–Kier alpha value is -1.89. The van der Waals surface area contributed by atoms with Crippen LogP contribution in [0.1, 0.15) is 19.8 Å². The van der Waals surface area contributed by atoms with Gasteiger partial charge in [-0.25, -0.2) is 4.79 Å². The number of hydrogen-bond donors (Lipinski definition) is 1. The lowest BCUT2D eigenvalue weighted by Gasteiger charge is -2.45. The Labute approximate surface area is 127 Å². The number of rotatable bonds is 6. The molecule has 2 saturated heterocycles. The molecule has 22 heavy (non-hydrogen) atoms. The van der Waals surface area contributed by atoms with Crippen molar-refractivity contribution in [2.24, 2.45) is 17.3 Å². The molecule has 0 amide bonds. The molecule has 0 spiro atoms. The maximum atomic E-state index is 12.0. The average molecular weight is 310 g/mol. The molecule has 0 aromatic rings. The van der Waals surface area contributed by atoms with Crippen molar-refractivity contribution in [1.82, 2.24) is 0 Å². The number of aliphatic carboxylic acids is 1. The van der Waals surface area contributed by atoms with Crippen molar-refractivity contribution < 1.29 is 33.7 Å². The van der Waals surface area contributed by atoms with Gasteiger partial charge in [0.1, 0.15) is 12.7 Å². The minimum Gasteiger partial charge on any atom is -0.480 e. The molecular weight excluding hydrogens is 292 g/mol. The zero-order valence-corrected chi connectivity index (χ0v) is 12.2. The first-order chi connectivity index (χ1) is 10.4. The number of carboxylic acid groups (broad SMARTS) is 1. The highest BCUT2D eigenvalue weighted by molar-refractivity contribution is 6.01. The second-order valence-electron chi connectivity index (χ2n) is 6.20. The summed E-state index contributed by atoms with van der Waals surface area (Å²) in [4.78, 5) is 34.8. The highest BCUT2D eigenvalue weighted by Crippen LogP contribution is 2.62. The molecule has 0 aromatic heterocycles. The zero-order chi connectivity index (χ0) is 16.1. The summed E-state index contributed by atoms with van der Waals surface area (Å²) in [5, 5.41) is 9.47. The van der Waals surface area contributed by atoms with E-state index in [1.54, 1.807) is 6.92 Å². The van der Waals surface area contributed by atoms with Crippen molar-refractivity contribution in [3.8, 4) is 0 Å². The second-order valence-corrected chi connectivity index (χ2v) is 6.20. The first-order valence-corrected chi connectivity index (χ1v) is 7.26. The van der Waals surface area contributed by atoms with Crippen molar-refractivity contribution in [2.75, 3.05) is 13.2 Å². The molecule has 4 bridgehead atoms. The fourth-order valence-corrected chi connectivity index (χ4v) is 3.95. The quantitative estimate of drug-likeness (QED) is 0.330. The molecule has 5 unspecified atom stereocenters. The van der Waals surface area contributed by atoms with E-state index in [4.69, 9.17) is 14.2 Å². The van der Waals surface area contributed by atoms with E-state index in [1.807, 2.05) is 0 Å². The minimum absolute atomic E-state index is 0.0433. The Kier molecular flexibility index (Phi) is 3.47. The van der Waals surface area contributed by atoms with Gasteiger partial charge in [-0.05, 0) is 19.8 Å². The molecule has 2 aliphatic carbocycles. The lowest BCUT2D eigenvalue weighted by atomic mass is 9.68. The number of esters is 2. The third-order valence-corrected chi connectivity index (χ3v) is 4.92. The number of ether oxygens (including phenoxy) is 3. The molecule has 0 radical (unpaired) electrons. The lowest BCUT2D eigenvalue weighted by Crippen LogP contribution is -2.60. The monoisotopic (exact) mass is 310 g/mol. The number of carbonyl (C=O) groups excluding carboxylic acids is 2. The van der Waals surface area contributed by atoms with E-state index in [1.165, 1.54) is 0 Å². The SMILES string of the molecule is C=C(C)C(=O)OCCOC1C2OC(=O)C3(C(=O)O)CC2CC13. The van der Waals surface area contributed by atoms with Crippen LogP contribution in [0.4, 0.5) is 0 Å². The summed E-state index contributed by atoms with van der Waals surface area (Å²) < 4.78 is 15.9. The fourth-order valence-electron chi connectivity index (χ4n) is 3.95. The standard InChI is InChI=1S/C15H18O7/c1-7(2)12(16)21-4-3-20-11-9-5-8-6-15(9,13(17)18)14(19)22-10(8)11/h8-11H,1,3-6H2,2H3,(H,17,18). The molecule has 4 fully saturated rings. The largest absolute Gasteiger partial charge is 0.480 e. The molecular formula is C15H18O7. The predicted octanol–water partition coefficient (Wildman–Crippen LogP) is 0.527. The van der Waals surface area contributed by atoms with E-state index in [9.17, 15) is 19.5 Å².